The van der Waals surface area contributed by atoms with Crippen LogP contribution in [0.4, 0.5) is 4.79 Å². The normalized spacial score (nSPS) is 14.9. The first-order valence-corrected chi connectivity index (χ1v) is 8.41. The lowest BCUT2D eigenvalue weighted by molar-refractivity contribution is 0.0258. The van der Waals surface area contributed by atoms with Crippen molar-refractivity contribution in [2.45, 2.75) is 39.2 Å². The number of fused-ring (bicyclic) bond motifs is 1. The van der Waals surface area contributed by atoms with Gasteiger partial charge in [-0.25, -0.2) is 4.79 Å². The van der Waals surface area contributed by atoms with Crippen LogP contribution < -0.4 is 0 Å². The Kier molecular flexibility index (Phi) is 4.35. The van der Waals surface area contributed by atoms with E-state index in [1.807, 2.05) is 49.7 Å². The lowest BCUT2D eigenvalue weighted by Crippen LogP contribution is -2.38. The second kappa shape index (κ2) is 6.30. The fraction of sp³-hybridized carbons (Fsp3) is 0.474. The van der Waals surface area contributed by atoms with E-state index < -0.39 is 5.60 Å². The molecular formula is C19H25N3O2. The zero-order valence-corrected chi connectivity index (χ0v) is 14.9. The zero-order valence-electron chi connectivity index (χ0n) is 14.9. The summed E-state index contributed by atoms with van der Waals surface area (Å²) in [5, 5.41) is 4.24. The average molecular weight is 327 g/mol. The van der Waals surface area contributed by atoms with Crippen LogP contribution in [0.5, 0.6) is 0 Å². The van der Waals surface area contributed by atoms with Crippen molar-refractivity contribution in [2.75, 3.05) is 13.1 Å². The van der Waals surface area contributed by atoms with Gasteiger partial charge in [-0.15, -0.1) is 0 Å². The highest BCUT2D eigenvalue weighted by atomic mass is 16.6. The van der Waals surface area contributed by atoms with E-state index in [-0.39, 0.29) is 6.09 Å². The SMILES string of the molecule is Cn1nccc1-c1ccc2c(c1)CCN(C(=O)OC(C)(C)C)CC2. The van der Waals surface area contributed by atoms with E-state index >= 15 is 0 Å². The van der Waals surface area contributed by atoms with Crippen molar-refractivity contribution < 1.29 is 9.53 Å². The number of aryl methyl sites for hydroxylation is 1. The highest BCUT2D eigenvalue weighted by Gasteiger charge is 2.24. The van der Waals surface area contributed by atoms with Crippen LogP contribution in [0, 0.1) is 0 Å². The Labute approximate surface area is 143 Å². The van der Waals surface area contributed by atoms with Crippen LogP contribution >= 0.6 is 0 Å². The number of hydrogen-bond donors (Lipinski definition) is 0. The van der Waals surface area contributed by atoms with Gasteiger partial charge < -0.3 is 9.64 Å². The van der Waals surface area contributed by atoms with Gasteiger partial charge in [0.25, 0.3) is 0 Å². The minimum absolute atomic E-state index is 0.220. The first kappa shape index (κ1) is 16.6. The van der Waals surface area contributed by atoms with Gasteiger partial charge in [0.15, 0.2) is 0 Å². The third kappa shape index (κ3) is 3.61. The molecule has 24 heavy (non-hydrogen) atoms. The van der Waals surface area contributed by atoms with Gasteiger partial charge >= 0.3 is 6.09 Å². The molecule has 1 aliphatic heterocycles. The number of aromatic nitrogens is 2. The number of hydrogen-bond acceptors (Lipinski definition) is 3. The lowest BCUT2D eigenvalue weighted by Gasteiger charge is -2.26. The predicted molar refractivity (Wildman–Crippen MR) is 93.9 cm³/mol. The summed E-state index contributed by atoms with van der Waals surface area (Å²) in [5.74, 6) is 0. The average Bonchev–Trinajstić information content (AvgIpc) is 2.80. The van der Waals surface area contributed by atoms with E-state index in [9.17, 15) is 4.79 Å². The molecule has 0 atom stereocenters. The molecular weight excluding hydrogens is 302 g/mol. The summed E-state index contributed by atoms with van der Waals surface area (Å²) in [6, 6.07) is 8.56. The van der Waals surface area contributed by atoms with Gasteiger partial charge in [0.1, 0.15) is 5.60 Å². The summed E-state index contributed by atoms with van der Waals surface area (Å²) in [5.41, 5.74) is 4.43. The third-order valence-corrected chi connectivity index (χ3v) is 4.28. The summed E-state index contributed by atoms with van der Waals surface area (Å²) < 4.78 is 7.39. The molecule has 1 aromatic carbocycles. The van der Waals surface area contributed by atoms with E-state index in [0.29, 0.717) is 13.1 Å². The molecule has 2 heterocycles. The van der Waals surface area contributed by atoms with Gasteiger partial charge in [0.2, 0.25) is 0 Å². The summed E-state index contributed by atoms with van der Waals surface area (Å²) in [4.78, 5) is 14.1. The quantitative estimate of drug-likeness (QED) is 0.806. The van der Waals surface area contributed by atoms with Crippen molar-refractivity contribution in [3.8, 4) is 11.3 Å². The summed E-state index contributed by atoms with van der Waals surface area (Å²) in [6.45, 7) is 7.09. The largest absolute Gasteiger partial charge is 0.444 e. The highest BCUT2D eigenvalue weighted by Crippen LogP contribution is 2.25. The molecule has 0 saturated carbocycles. The Balaban J connectivity index is 1.77. The maximum atomic E-state index is 12.3. The van der Waals surface area contributed by atoms with Gasteiger partial charge in [-0.1, -0.05) is 12.1 Å². The lowest BCUT2D eigenvalue weighted by atomic mass is 9.99. The number of rotatable bonds is 1. The molecule has 1 aliphatic rings. The van der Waals surface area contributed by atoms with Crippen molar-refractivity contribution in [3.63, 3.8) is 0 Å². The first-order chi connectivity index (χ1) is 11.3. The highest BCUT2D eigenvalue weighted by molar-refractivity contribution is 5.68. The van der Waals surface area contributed by atoms with Crippen LogP contribution in [0.25, 0.3) is 11.3 Å². The van der Waals surface area contributed by atoms with Gasteiger partial charge in [-0.3, -0.25) is 4.68 Å². The van der Waals surface area contributed by atoms with E-state index in [1.165, 1.54) is 16.7 Å². The number of ether oxygens (including phenoxy) is 1. The topological polar surface area (TPSA) is 47.4 Å². The van der Waals surface area contributed by atoms with Crippen LogP contribution in [0.15, 0.2) is 30.5 Å². The Morgan fingerprint density at radius 3 is 2.46 bits per heavy atom. The van der Waals surface area contributed by atoms with Crippen molar-refractivity contribution in [2.24, 2.45) is 7.05 Å². The van der Waals surface area contributed by atoms with Crippen LogP contribution in [0.1, 0.15) is 31.9 Å². The van der Waals surface area contributed by atoms with E-state index in [0.717, 1.165) is 18.5 Å². The van der Waals surface area contributed by atoms with E-state index in [4.69, 9.17) is 4.74 Å². The molecule has 1 amide bonds. The molecule has 1 aromatic heterocycles. The second-order valence-electron chi connectivity index (χ2n) is 7.29. The summed E-state index contributed by atoms with van der Waals surface area (Å²) in [6.07, 6.45) is 3.30. The van der Waals surface area contributed by atoms with Gasteiger partial charge in [-0.2, -0.15) is 5.10 Å². The maximum absolute atomic E-state index is 12.3. The fourth-order valence-electron chi connectivity index (χ4n) is 3.05. The molecule has 0 aliphatic carbocycles. The Morgan fingerprint density at radius 1 is 1.12 bits per heavy atom. The molecule has 128 valence electrons. The van der Waals surface area contributed by atoms with Gasteiger partial charge in [0.05, 0.1) is 5.69 Å². The van der Waals surface area contributed by atoms with Gasteiger partial charge in [0, 0.05) is 31.9 Å². The van der Waals surface area contributed by atoms with Gasteiger partial charge in [-0.05, 0) is 56.9 Å². The summed E-state index contributed by atoms with van der Waals surface area (Å²) >= 11 is 0. The number of benzene rings is 1. The monoisotopic (exact) mass is 327 g/mol. The van der Waals surface area contributed by atoms with Crippen LogP contribution in [-0.2, 0) is 24.6 Å². The number of carbonyl (C=O) groups excluding carboxylic acids is 1. The minimum Gasteiger partial charge on any atom is -0.444 e. The molecule has 0 radical (unpaired) electrons. The smallest absolute Gasteiger partial charge is 0.410 e. The molecule has 2 aromatic rings. The Morgan fingerprint density at radius 2 is 1.83 bits per heavy atom. The minimum atomic E-state index is -0.455. The number of amides is 1. The third-order valence-electron chi connectivity index (χ3n) is 4.28. The standard InChI is InChI=1S/C19H25N3O2/c1-19(2,3)24-18(23)22-11-8-14-5-6-16(13-15(14)9-12-22)17-7-10-20-21(17)4/h5-7,10,13H,8-9,11-12H2,1-4H3. The zero-order chi connectivity index (χ0) is 17.3. The molecule has 0 unspecified atom stereocenters. The second-order valence-corrected chi connectivity index (χ2v) is 7.29. The van der Waals surface area contributed by atoms with Crippen LogP contribution in [-0.4, -0.2) is 39.5 Å². The van der Waals surface area contributed by atoms with E-state index in [1.54, 1.807) is 0 Å². The predicted octanol–water partition coefficient (Wildman–Crippen LogP) is 3.42. The van der Waals surface area contributed by atoms with Crippen LogP contribution in [0.3, 0.4) is 0 Å². The van der Waals surface area contributed by atoms with E-state index in [2.05, 4.69) is 23.3 Å². The maximum Gasteiger partial charge on any atom is 0.410 e. The van der Waals surface area contributed by atoms with Crippen molar-refractivity contribution in [1.29, 1.82) is 0 Å². The van der Waals surface area contributed by atoms with Crippen molar-refractivity contribution in [1.82, 2.24) is 14.7 Å². The molecule has 0 N–H and O–H groups in total. The number of nitrogens with zero attached hydrogens (tertiary/aromatic N) is 3. The summed E-state index contributed by atoms with van der Waals surface area (Å²) in [7, 11) is 1.95. The molecule has 0 bridgehead atoms. The molecule has 5 nitrogen and oxygen atoms in total. The fourth-order valence-corrected chi connectivity index (χ4v) is 3.05. The molecule has 0 fully saturated rings. The van der Waals surface area contributed by atoms with Crippen LogP contribution in [0.2, 0.25) is 0 Å². The number of carbonyl (C=O) groups is 1. The Hall–Kier alpha value is -2.30. The molecule has 0 spiro atoms. The first-order valence-electron chi connectivity index (χ1n) is 8.41. The Bertz CT molecular complexity index is 743. The molecule has 3 rings (SSSR count). The molecule has 0 saturated heterocycles. The van der Waals surface area contributed by atoms with Crippen molar-refractivity contribution >= 4 is 6.09 Å². The van der Waals surface area contributed by atoms with Crippen molar-refractivity contribution in [3.05, 3.63) is 41.6 Å². The molecule has 5 heteroatoms.